The van der Waals surface area contributed by atoms with Crippen LogP contribution in [0.2, 0.25) is 0 Å². The molecule has 1 fully saturated rings. The summed E-state index contributed by atoms with van der Waals surface area (Å²) in [5, 5.41) is 8.92. The van der Waals surface area contributed by atoms with Crippen LogP contribution in [0.4, 0.5) is 0 Å². The van der Waals surface area contributed by atoms with E-state index in [0.29, 0.717) is 39.4 Å². The lowest BCUT2D eigenvalue weighted by Gasteiger charge is -2.36. The second kappa shape index (κ2) is 8.08. The number of carbonyl (C=O) groups is 2. The fourth-order valence-electron chi connectivity index (χ4n) is 1.91. The maximum Gasteiger partial charge on any atom is 0.320 e. The lowest BCUT2D eigenvalue weighted by Crippen LogP contribution is -2.53. The lowest BCUT2D eigenvalue weighted by atomic mass is 10.2. The number of ether oxygens (including phenoxy) is 2. The van der Waals surface area contributed by atoms with Gasteiger partial charge in [0.05, 0.1) is 13.2 Å². The Kier molecular flexibility index (Phi) is 6.75. The van der Waals surface area contributed by atoms with Crippen LogP contribution in [0, 0.1) is 0 Å². The molecule has 7 heteroatoms. The van der Waals surface area contributed by atoms with Crippen LogP contribution in [0.3, 0.4) is 0 Å². The van der Waals surface area contributed by atoms with Gasteiger partial charge in [0.1, 0.15) is 12.6 Å². The Morgan fingerprint density at radius 3 is 2.37 bits per heavy atom. The topological polar surface area (TPSA) is 79.3 Å². The Hall–Kier alpha value is -1.18. The minimum absolute atomic E-state index is 0.0534. The zero-order valence-corrected chi connectivity index (χ0v) is 11.5. The van der Waals surface area contributed by atoms with Crippen LogP contribution in [0.5, 0.6) is 0 Å². The molecule has 0 radical (unpaired) electrons. The normalized spacial score (nSPS) is 18.3. The third-order valence-electron chi connectivity index (χ3n) is 3.23. The van der Waals surface area contributed by atoms with Gasteiger partial charge in [-0.05, 0) is 6.92 Å². The zero-order chi connectivity index (χ0) is 14.3. The van der Waals surface area contributed by atoms with Gasteiger partial charge in [0.2, 0.25) is 5.91 Å². The maximum absolute atomic E-state index is 11.8. The molecule has 1 atom stereocenters. The van der Waals surface area contributed by atoms with Crippen molar-refractivity contribution < 1.29 is 24.2 Å². The van der Waals surface area contributed by atoms with Gasteiger partial charge in [-0.1, -0.05) is 0 Å². The van der Waals surface area contributed by atoms with Gasteiger partial charge in [-0.15, -0.1) is 0 Å². The number of rotatable bonds is 7. The summed E-state index contributed by atoms with van der Waals surface area (Å²) in [5.41, 5.74) is 0. The van der Waals surface area contributed by atoms with Gasteiger partial charge in [0.25, 0.3) is 0 Å². The molecule has 7 nitrogen and oxygen atoms in total. The van der Waals surface area contributed by atoms with E-state index in [4.69, 9.17) is 14.6 Å². The lowest BCUT2D eigenvalue weighted by molar-refractivity contribution is -0.144. The Balaban J connectivity index is 2.25. The fraction of sp³-hybridized carbons (Fsp3) is 0.833. The molecule has 0 spiro atoms. The van der Waals surface area contributed by atoms with Crippen molar-refractivity contribution in [1.82, 2.24) is 9.80 Å². The van der Waals surface area contributed by atoms with Crippen molar-refractivity contribution >= 4 is 11.9 Å². The summed E-state index contributed by atoms with van der Waals surface area (Å²) in [7, 11) is 1.58. The van der Waals surface area contributed by atoms with Crippen molar-refractivity contribution in [2.45, 2.75) is 13.0 Å². The second-order valence-corrected chi connectivity index (χ2v) is 4.48. The van der Waals surface area contributed by atoms with E-state index in [2.05, 4.69) is 0 Å². The fourth-order valence-corrected chi connectivity index (χ4v) is 1.91. The number of piperazine rings is 1. The molecule has 19 heavy (non-hydrogen) atoms. The highest BCUT2D eigenvalue weighted by Crippen LogP contribution is 2.07. The molecule has 1 saturated heterocycles. The molecule has 1 rings (SSSR count). The predicted octanol–water partition coefficient (Wildman–Crippen LogP) is -0.733. The van der Waals surface area contributed by atoms with E-state index in [1.54, 1.807) is 18.9 Å². The summed E-state index contributed by atoms with van der Waals surface area (Å²) < 4.78 is 10.00. The maximum atomic E-state index is 11.8. The summed E-state index contributed by atoms with van der Waals surface area (Å²) in [4.78, 5) is 26.2. The van der Waals surface area contributed by atoms with Crippen molar-refractivity contribution in [3.05, 3.63) is 0 Å². The van der Waals surface area contributed by atoms with E-state index < -0.39 is 12.0 Å². The summed E-state index contributed by atoms with van der Waals surface area (Å²) in [6.45, 7) is 4.84. The number of hydrogen-bond acceptors (Lipinski definition) is 5. The van der Waals surface area contributed by atoms with Crippen LogP contribution in [0.15, 0.2) is 0 Å². The summed E-state index contributed by atoms with van der Waals surface area (Å²) in [6, 6.07) is -0.504. The number of hydrogen-bond donors (Lipinski definition) is 1. The minimum Gasteiger partial charge on any atom is -0.480 e. The molecule has 0 aliphatic carbocycles. The molecule has 0 aromatic carbocycles. The number of carboxylic acid groups (broad SMARTS) is 1. The van der Waals surface area contributed by atoms with Gasteiger partial charge in [-0.3, -0.25) is 14.5 Å². The zero-order valence-electron chi connectivity index (χ0n) is 11.5. The van der Waals surface area contributed by atoms with E-state index in [1.165, 1.54) is 0 Å². The molecule has 1 aliphatic heterocycles. The summed E-state index contributed by atoms with van der Waals surface area (Å²) in [5.74, 6) is -0.888. The average molecular weight is 274 g/mol. The van der Waals surface area contributed by atoms with E-state index in [1.807, 2.05) is 4.90 Å². The first-order chi connectivity index (χ1) is 9.06. The molecule has 0 aromatic heterocycles. The standard InChI is InChI=1S/C12H22N2O5/c1-10(12(16)17)13-3-5-14(6-4-13)11(15)9-19-8-7-18-2/h10H,3-9H2,1-2H3,(H,16,17). The van der Waals surface area contributed by atoms with Gasteiger partial charge in [-0.25, -0.2) is 0 Å². The Morgan fingerprint density at radius 1 is 1.21 bits per heavy atom. The Bertz CT molecular complexity index is 302. The third-order valence-corrected chi connectivity index (χ3v) is 3.23. The molecule has 1 heterocycles. The molecule has 1 N–H and O–H groups in total. The van der Waals surface area contributed by atoms with Gasteiger partial charge in [0, 0.05) is 33.3 Å². The van der Waals surface area contributed by atoms with Gasteiger partial charge < -0.3 is 19.5 Å². The first-order valence-corrected chi connectivity index (χ1v) is 6.37. The molecule has 0 saturated carbocycles. The van der Waals surface area contributed by atoms with Crippen molar-refractivity contribution in [2.24, 2.45) is 0 Å². The van der Waals surface area contributed by atoms with E-state index in [0.717, 1.165) is 0 Å². The van der Waals surface area contributed by atoms with Gasteiger partial charge in [0.15, 0.2) is 0 Å². The minimum atomic E-state index is -0.831. The van der Waals surface area contributed by atoms with Gasteiger partial charge in [-0.2, -0.15) is 0 Å². The highest BCUT2D eigenvalue weighted by molar-refractivity contribution is 5.77. The van der Waals surface area contributed by atoms with Gasteiger partial charge >= 0.3 is 5.97 Å². The first-order valence-electron chi connectivity index (χ1n) is 6.37. The SMILES string of the molecule is COCCOCC(=O)N1CCN(C(C)C(=O)O)CC1. The molecular weight excluding hydrogens is 252 g/mol. The summed E-state index contributed by atoms with van der Waals surface area (Å²) >= 11 is 0. The van der Waals surface area contributed by atoms with E-state index >= 15 is 0 Å². The Labute approximate surface area is 113 Å². The third kappa shape index (κ3) is 5.14. The van der Waals surface area contributed by atoms with E-state index in [-0.39, 0.29) is 12.5 Å². The smallest absolute Gasteiger partial charge is 0.320 e. The largest absolute Gasteiger partial charge is 0.480 e. The van der Waals surface area contributed by atoms with Crippen molar-refractivity contribution in [3.63, 3.8) is 0 Å². The van der Waals surface area contributed by atoms with Crippen molar-refractivity contribution in [3.8, 4) is 0 Å². The van der Waals surface area contributed by atoms with Crippen LogP contribution in [-0.2, 0) is 19.1 Å². The van der Waals surface area contributed by atoms with Crippen LogP contribution < -0.4 is 0 Å². The van der Waals surface area contributed by atoms with Crippen LogP contribution in [0.1, 0.15) is 6.92 Å². The quantitative estimate of drug-likeness (QED) is 0.616. The van der Waals surface area contributed by atoms with Crippen LogP contribution >= 0.6 is 0 Å². The molecule has 0 bridgehead atoms. The first kappa shape index (κ1) is 15.9. The number of methoxy groups -OCH3 is 1. The molecule has 0 aromatic rings. The summed E-state index contributed by atoms with van der Waals surface area (Å²) in [6.07, 6.45) is 0. The van der Waals surface area contributed by atoms with Crippen LogP contribution in [-0.4, -0.2) is 85.9 Å². The highest BCUT2D eigenvalue weighted by Gasteiger charge is 2.26. The molecule has 1 aliphatic rings. The van der Waals surface area contributed by atoms with E-state index in [9.17, 15) is 9.59 Å². The molecule has 110 valence electrons. The number of nitrogens with zero attached hydrogens (tertiary/aromatic N) is 2. The van der Waals surface area contributed by atoms with Crippen LogP contribution in [0.25, 0.3) is 0 Å². The predicted molar refractivity (Wildman–Crippen MR) is 67.9 cm³/mol. The number of carbonyl (C=O) groups excluding carboxylic acids is 1. The number of aliphatic carboxylic acids is 1. The molecule has 1 unspecified atom stereocenters. The average Bonchev–Trinajstić information content (AvgIpc) is 2.42. The van der Waals surface area contributed by atoms with Crippen molar-refractivity contribution in [1.29, 1.82) is 0 Å². The molecular formula is C12H22N2O5. The number of amides is 1. The van der Waals surface area contributed by atoms with Crippen molar-refractivity contribution in [2.75, 3.05) is 53.1 Å². The molecule has 1 amide bonds. The number of carboxylic acids is 1. The Morgan fingerprint density at radius 2 is 1.84 bits per heavy atom. The second-order valence-electron chi connectivity index (χ2n) is 4.48. The highest BCUT2D eigenvalue weighted by atomic mass is 16.5. The monoisotopic (exact) mass is 274 g/mol.